The molecule has 1 aromatic carbocycles. The van der Waals surface area contributed by atoms with Crippen LogP contribution in [0.1, 0.15) is 26.2 Å². The highest BCUT2D eigenvalue weighted by atomic mass is 16.5. The molecule has 0 saturated carbocycles. The molecule has 1 unspecified atom stereocenters. The third-order valence-corrected chi connectivity index (χ3v) is 4.86. The summed E-state index contributed by atoms with van der Waals surface area (Å²) in [4.78, 5) is 28.6. The molecule has 0 bridgehead atoms. The highest BCUT2D eigenvalue weighted by molar-refractivity contribution is 6.22. The van der Waals surface area contributed by atoms with Crippen LogP contribution in [0, 0.1) is 0 Å². The Morgan fingerprint density at radius 3 is 2.63 bits per heavy atom. The summed E-state index contributed by atoms with van der Waals surface area (Å²) in [6, 6.07) is 6.70. The first-order valence-corrected chi connectivity index (χ1v) is 9.82. The van der Waals surface area contributed by atoms with Crippen molar-refractivity contribution < 1.29 is 19.1 Å². The van der Waals surface area contributed by atoms with Gasteiger partial charge in [-0.15, -0.1) is 0 Å². The van der Waals surface area contributed by atoms with E-state index >= 15 is 0 Å². The number of carbonyl (C=O) groups excluding carboxylic acids is 2. The molecule has 2 aliphatic rings. The lowest BCUT2D eigenvalue weighted by Crippen LogP contribution is -2.41. The summed E-state index contributed by atoms with van der Waals surface area (Å²) in [6.07, 6.45) is 2.09. The van der Waals surface area contributed by atoms with Gasteiger partial charge in [0.15, 0.2) is 0 Å². The minimum Gasteiger partial charge on any atom is -0.494 e. The number of nitrogens with zero attached hydrogens (tertiary/aromatic N) is 2. The quantitative estimate of drug-likeness (QED) is 0.520. The molecule has 0 radical (unpaired) electrons. The third kappa shape index (κ3) is 5.28. The Morgan fingerprint density at radius 2 is 1.93 bits per heavy atom. The van der Waals surface area contributed by atoms with Crippen molar-refractivity contribution in [3.05, 3.63) is 24.3 Å². The van der Waals surface area contributed by atoms with Gasteiger partial charge in [0.1, 0.15) is 5.75 Å². The Balaban J connectivity index is 1.47. The molecule has 0 spiro atoms. The molecular formula is C20H29N3O4. The molecule has 1 N–H and O–H groups in total. The fraction of sp³-hybridized carbons (Fsp3) is 0.600. The molecule has 3 rings (SSSR count). The molecule has 27 heavy (non-hydrogen) atoms. The number of morpholine rings is 1. The Hall–Kier alpha value is -1.96. The lowest BCUT2D eigenvalue weighted by molar-refractivity contribution is -0.121. The summed E-state index contributed by atoms with van der Waals surface area (Å²) in [6.45, 7) is 7.91. The van der Waals surface area contributed by atoms with Gasteiger partial charge in [0, 0.05) is 13.1 Å². The van der Waals surface area contributed by atoms with Gasteiger partial charge in [-0.2, -0.15) is 0 Å². The number of rotatable bonds is 9. The van der Waals surface area contributed by atoms with Crippen LogP contribution in [0.25, 0.3) is 0 Å². The minimum absolute atomic E-state index is 0.159. The van der Waals surface area contributed by atoms with Crippen molar-refractivity contribution in [3.63, 3.8) is 0 Å². The van der Waals surface area contributed by atoms with Crippen LogP contribution in [0.2, 0.25) is 0 Å². The summed E-state index contributed by atoms with van der Waals surface area (Å²) in [5.41, 5.74) is 0.603. The number of carbonyl (C=O) groups is 2. The van der Waals surface area contributed by atoms with Crippen molar-refractivity contribution in [1.82, 2.24) is 10.2 Å². The maximum absolute atomic E-state index is 12.7. The third-order valence-electron chi connectivity index (χ3n) is 4.86. The van der Waals surface area contributed by atoms with E-state index in [9.17, 15) is 9.59 Å². The van der Waals surface area contributed by atoms with Crippen molar-refractivity contribution in [2.45, 2.75) is 32.2 Å². The average Bonchev–Trinajstić information content (AvgIpc) is 2.98. The predicted octanol–water partition coefficient (Wildman–Crippen LogP) is 1.42. The van der Waals surface area contributed by atoms with E-state index in [0.717, 1.165) is 58.0 Å². The van der Waals surface area contributed by atoms with E-state index < -0.39 is 6.04 Å². The van der Waals surface area contributed by atoms with E-state index in [1.54, 1.807) is 24.3 Å². The van der Waals surface area contributed by atoms with E-state index in [4.69, 9.17) is 9.47 Å². The molecule has 1 aromatic rings. The number of hydrogen-bond donors (Lipinski definition) is 1. The van der Waals surface area contributed by atoms with Gasteiger partial charge in [-0.3, -0.25) is 14.5 Å². The molecule has 2 amide bonds. The van der Waals surface area contributed by atoms with Crippen molar-refractivity contribution in [2.75, 3.05) is 50.9 Å². The van der Waals surface area contributed by atoms with Gasteiger partial charge in [-0.05, 0) is 50.2 Å². The van der Waals surface area contributed by atoms with Gasteiger partial charge in [0.25, 0.3) is 5.91 Å². The van der Waals surface area contributed by atoms with Crippen molar-refractivity contribution in [1.29, 1.82) is 0 Å². The largest absolute Gasteiger partial charge is 0.494 e. The second-order valence-corrected chi connectivity index (χ2v) is 6.93. The Morgan fingerprint density at radius 1 is 1.19 bits per heavy atom. The lowest BCUT2D eigenvalue weighted by atomic mass is 10.2. The fourth-order valence-corrected chi connectivity index (χ4v) is 3.38. The molecule has 7 heteroatoms. The summed E-state index contributed by atoms with van der Waals surface area (Å²) < 4.78 is 10.9. The molecule has 2 heterocycles. The van der Waals surface area contributed by atoms with Crippen molar-refractivity contribution >= 4 is 17.5 Å². The summed E-state index contributed by atoms with van der Waals surface area (Å²) >= 11 is 0. The number of amides is 2. The van der Waals surface area contributed by atoms with E-state index in [0.29, 0.717) is 12.3 Å². The van der Waals surface area contributed by atoms with Gasteiger partial charge in [-0.1, -0.05) is 6.92 Å². The molecular weight excluding hydrogens is 346 g/mol. The summed E-state index contributed by atoms with van der Waals surface area (Å²) in [5.74, 6) is 0.416. The molecule has 2 fully saturated rings. The Kier molecular flexibility index (Phi) is 7.20. The second-order valence-electron chi connectivity index (χ2n) is 6.93. The van der Waals surface area contributed by atoms with Gasteiger partial charge in [0.2, 0.25) is 5.91 Å². The van der Waals surface area contributed by atoms with Crippen molar-refractivity contribution in [2.24, 2.45) is 0 Å². The van der Waals surface area contributed by atoms with Crippen LogP contribution in [0.3, 0.4) is 0 Å². The Bertz CT molecular complexity index is 629. The van der Waals surface area contributed by atoms with Crippen LogP contribution >= 0.6 is 0 Å². The van der Waals surface area contributed by atoms with E-state index in [1.165, 1.54) is 4.90 Å². The first kappa shape index (κ1) is 19.8. The van der Waals surface area contributed by atoms with Gasteiger partial charge < -0.3 is 14.8 Å². The van der Waals surface area contributed by atoms with E-state index in [-0.39, 0.29) is 18.2 Å². The first-order chi connectivity index (χ1) is 13.2. The van der Waals surface area contributed by atoms with Crippen LogP contribution in [-0.4, -0.2) is 68.8 Å². The molecule has 0 aliphatic carbocycles. The zero-order valence-corrected chi connectivity index (χ0v) is 16.0. The maximum atomic E-state index is 12.7. The minimum atomic E-state index is -0.432. The van der Waals surface area contributed by atoms with Crippen LogP contribution in [-0.2, 0) is 14.3 Å². The van der Waals surface area contributed by atoms with Crippen LogP contribution in [0.15, 0.2) is 24.3 Å². The number of nitrogens with one attached hydrogen (secondary N) is 1. The first-order valence-electron chi connectivity index (χ1n) is 9.82. The van der Waals surface area contributed by atoms with E-state index in [2.05, 4.69) is 10.2 Å². The molecule has 7 nitrogen and oxygen atoms in total. The molecule has 2 aliphatic heterocycles. The lowest BCUT2D eigenvalue weighted by Gasteiger charge is -2.26. The maximum Gasteiger partial charge on any atom is 0.251 e. The van der Waals surface area contributed by atoms with Gasteiger partial charge in [-0.25, -0.2) is 4.90 Å². The normalized spacial score (nSPS) is 21.1. The zero-order chi connectivity index (χ0) is 19.1. The predicted molar refractivity (Wildman–Crippen MR) is 103 cm³/mol. The van der Waals surface area contributed by atoms with Gasteiger partial charge >= 0.3 is 0 Å². The molecule has 1 atom stereocenters. The average molecular weight is 375 g/mol. The smallest absolute Gasteiger partial charge is 0.251 e. The molecule has 148 valence electrons. The van der Waals surface area contributed by atoms with Crippen LogP contribution in [0.4, 0.5) is 5.69 Å². The molecule has 0 aromatic heterocycles. The van der Waals surface area contributed by atoms with Gasteiger partial charge in [0.05, 0.1) is 38.0 Å². The number of benzene rings is 1. The monoisotopic (exact) mass is 375 g/mol. The fourth-order valence-electron chi connectivity index (χ4n) is 3.38. The Labute approximate surface area is 160 Å². The number of hydrogen-bond acceptors (Lipinski definition) is 6. The highest BCUT2D eigenvalue weighted by Gasteiger charge is 2.39. The summed E-state index contributed by atoms with van der Waals surface area (Å²) in [5, 5.41) is 3.25. The number of anilines is 1. The summed E-state index contributed by atoms with van der Waals surface area (Å²) in [7, 11) is 0. The number of imide groups is 1. The van der Waals surface area contributed by atoms with Crippen LogP contribution < -0.4 is 15.0 Å². The zero-order valence-electron chi connectivity index (χ0n) is 16.0. The second kappa shape index (κ2) is 9.82. The highest BCUT2D eigenvalue weighted by Crippen LogP contribution is 2.25. The number of ether oxygens (including phenoxy) is 2. The standard InChI is InChI=1S/C20H29N3O4/c1-2-12-27-17-6-4-16(5-7-17)23-19(24)15-18(20(23)25)21-8-3-9-22-10-13-26-14-11-22/h4-7,18,21H,2-3,8-15H2,1H3. The van der Waals surface area contributed by atoms with E-state index in [1.807, 2.05) is 6.92 Å². The SMILES string of the molecule is CCCOc1ccc(N2C(=O)CC(NCCCN3CCOCC3)C2=O)cc1. The molecule has 2 saturated heterocycles. The topological polar surface area (TPSA) is 71.1 Å². The van der Waals surface area contributed by atoms with Crippen molar-refractivity contribution in [3.8, 4) is 5.75 Å². The van der Waals surface area contributed by atoms with Crippen LogP contribution in [0.5, 0.6) is 5.75 Å².